The highest BCUT2D eigenvalue weighted by atomic mass is 32.1. The third kappa shape index (κ3) is 3.96. The van der Waals surface area contributed by atoms with Crippen molar-refractivity contribution in [3.8, 4) is 5.75 Å². The zero-order valence-electron chi connectivity index (χ0n) is 16.6. The molecule has 31 heavy (non-hydrogen) atoms. The van der Waals surface area contributed by atoms with Crippen LogP contribution in [0.1, 0.15) is 29.1 Å². The molecule has 0 bridgehead atoms. The summed E-state index contributed by atoms with van der Waals surface area (Å²) in [6.45, 7) is -0.384. The smallest absolute Gasteiger partial charge is 0.344 e. The monoisotopic (exact) mass is 437 g/mol. The Morgan fingerprint density at radius 2 is 2.00 bits per heavy atom. The van der Waals surface area contributed by atoms with E-state index in [1.54, 1.807) is 35.6 Å². The molecule has 8 nitrogen and oxygen atoms in total. The standard InChI is InChI=1S/C22H19N3O5S/c23-21-20-14-3-1-2-4-16(14)31-22(20)25-17(24-21)10-29-19(27)11-28-13-7-5-12-6-8-18(26)30-15(12)9-13/h5-9H,1-4,10-11H2,(H2,23,24,25). The number of benzene rings is 1. The lowest BCUT2D eigenvalue weighted by molar-refractivity contribution is -0.147. The minimum atomic E-state index is -0.567. The summed E-state index contributed by atoms with van der Waals surface area (Å²) in [5, 5.41) is 1.70. The Morgan fingerprint density at radius 3 is 2.90 bits per heavy atom. The van der Waals surface area contributed by atoms with Crippen LogP contribution in [0.3, 0.4) is 0 Å². The summed E-state index contributed by atoms with van der Waals surface area (Å²) in [6, 6.07) is 7.99. The van der Waals surface area contributed by atoms with Gasteiger partial charge in [-0.15, -0.1) is 11.3 Å². The van der Waals surface area contributed by atoms with E-state index >= 15 is 0 Å². The molecule has 158 valence electrons. The quantitative estimate of drug-likeness (QED) is 0.373. The molecule has 5 rings (SSSR count). The van der Waals surface area contributed by atoms with Crippen molar-refractivity contribution in [1.29, 1.82) is 0 Å². The fourth-order valence-corrected chi connectivity index (χ4v) is 5.04. The fraction of sp³-hybridized carbons (Fsp3) is 0.273. The largest absolute Gasteiger partial charge is 0.482 e. The Hall–Kier alpha value is -3.46. The SMILES string of the molecule is Nc1nc(COC(=O)COc2ccc3ccc(=O)oc3c2)nc2sc3c(c12)CCCC3. The molecule has 0 radical (unpaired) electrons. The maximum atomic E-state index is 12.1. The zero-order valence-corrected chi connectivity index (χ0v) is 17.4. The second-order valence-corrected chi connectivity index (χ2v) is 8.40. The number of fused-ring (bicyclic) bond motifs is 4. The number of nitrogens with zero attached hydrogens (tertiary/aromatic N) is 2. The van der Waals surface area contributed by atoms with E-state index in [9.17, 15) is 9.59 Å². The molecule has 1 aliphatic carbocycles. The summed E-state index contributed by atoms with van der Waals surface area (Å²) in [4.78, 5) is 34.5. The minimum absolute atomic E-state index is 0.0858. The number of ether oxygens (including phenoxy) is 2. The van der Waals surface area contributed by atoms with Gasteiger partial charge in [0, 0.05) is 22.4 Å². The van der Waals surface area contributed by atoms with E-state index in [0.29, 0.717) is 23.0 Å². The Labute approximate surface area is 180 Å². The number of anilines is 1. The van der Waals surface area contributed by atoms with Crippen LogP contribution < -0.4 is 16.1 Å². The highest BCUT2D eigenvalue weighted by molar-refractivity contribution is 7.19. The number of carbonyl (C=O) groups excluding carboxylic acids is 1. The Balaban J connectivity index is 1.23. The number of aryl methyl sites for hydroxylation is 2. The first-order valence-electron chi connectivity index (χ1n) is 9.96. The molecule has 0 spiro atoms. The summed E-state index contributed by atoms with van der Waals surface area (Å²) in [5.74, 6) is 0.626. The van der Waals surface area contributed by atoms with Crippen LogP contribution in [0.5, 0.6) is 5.75 Å². The van der Waals surface area contributed by atoms with Crippen molar-refractivity contribution in [1.82, 2.24) is 9.97 Å². The molecule has 0 amide bonds. The molecule has 0 saturated heterocycles. The minimum Gasteiger partial charge on any atom is -0.482 e. The lowest BCUT2D eigenvalue weighted by Crippen LogP contribution is -2.16. The molecular formula is C22H19N3O5S. The van der Waals surface area contributed by atoms with Gasteiger partial charge in [0.2, 0.25) is 0 Å². The molecule has 3 aromatic heterocycles. The number of hydrogen-bond donors (Lipinski definition) is 1. The van der Waals surface area contributed by atoms with Gasteiger partial charge in [-0.3, -0.25) is 0 Å². The highest BCUT2D eigenvalue weighted by Crippen LogP contribution is 2.37. The molecule has 1 aliphatic rings. The van der Waals surface area contributed by atoms with Gasteiger partial charge < -0.3 is 19.6 Å². The Kier molecular flexibility index (Phi) is 5.03. The van der Waals surface area contributed by atoms with E-state index in [4.69, 9.17) is 19.6 Å². The molecular weight excluding hydrogens is 418 g/mol. The lowest BCUT2D eigenvalue weighted by atomic mass is 9.97. The van der Waals surface area contributed by atoms with Gasteiger partial charge in [0.1, 0.15) is 22.0 Å². The number of rotatable bonds is 5. The maximum absolute atomic E-state index is 12.1. The first kappa shape index (κ1) is 19.5. The van der Waals surface area contributed by atoms with E-state index in [-0.39, 0.29) is 13.2 Å². The topological polar surface area (TPSA) is 118 Å². The second-order valence-electron chi connectivity index (χ2n) is 7.32. The van der Waals surface area contributed by atoms with Crippen LogP contribution in [-0.4, -0.2) is 22.5 Å². The van der Waals surface area contributed by atoms with Crippen LogP contribution in [0.2, 0.25) is 0 Å². The van der Waals surface area contributed by atoms with Crippen molar-refractivity contribution >= 4 is 44.3 Å². The molecule has 4 aromatic rings. The number of nitrogens with two attached hydrogens (primary N) is 1. The summed E-state index contributed by atoms with van der Waals surface area (Å²) in [5.41, 5.74) is 7.38. The molecule has 3 heterocycles. The van der Waals surface area contributed by atoms with Crippen molar-refractivity contribution in [2.24, 2.45) is 0 Å². The number of hydrogen-bond acceptors (Lipinski definition) is 9. The van der Waals surface area contributed by atoms with Crippen LogP contribution >= 0.6 is 11.3 Å². The first-order chi connectivity index (χ1) is 15.1. The van der Waals surface area contributed by atoms with Crippen molar-refractivity contribution in [2.75, 3.05) is 12.3 Å². The van der Waals surface area contributed by atoms with Gasteiger partial charge in [-0.2, -0.15) is 0 Å². The summed E-state index contributed by atoms with van der Waals surface area (Å²) < 4.78 is 15.8. The van der Waals surface area contributed by atoms with Gasteiger partial charge >= 0.3 is 11.6 Å². The first-order valence-corrected chi connectivity index (χ1v) is 10.8. The summed E-state index contributed by atoms with van der Waals surface area (Å²) >= 11 is 1.64. The second kappa shape index (κ2) is 7.99. The number of nitrogen functional groups attached to an aromatic ring is 1. The average molecular weight is 437 g/mol. The Bertz CT molecular complexity index is 1360. The zero-order chi connectivity index (χ0) is 21.4. The van der Waals surface area contributed by atoms with Crippen molar-refractivity contribution in [2.45, 2.75) is 32.3 Å². The highest BCUT2D eigenvalue weighted by Gasteiger charge is 2.20. The predicted molar refractivity (Wildman–Crippen MR) is 116 cm³/mol. The van der Waals surface area contributed by atoms with E-state index in [1.807, 2.05) is 0 Å². The fourth-order valence-electron chi connectivity index (χ4n) is 3.76. The molecule has 1 aromatic carbocycles. The normalized spacial score (nSPS) is 13.3. The molecule has 9 heteroatoms. The van der Waals surface area contributed by atoms with Gasteiger partial charge in [0.15, 0.2) is 19.0 Å². The number of carbonyl (C=O) groups is 1. The molecule has 2 N–H and O–H groups in total. The summed E-state index contributed by atoms with van der Waals surface area (Å²) in [6.07, 6.45) is 4.39. The van der Waals surface area contributed by atoms with Gasteiger partial charge in [-0.05, 0) is 49.4 Å². The van der Waals surface area contributed by atoms with Gasteiger partial charge in [-0.1, -0.05) is 0 Å². The van der Waals surface area contributed by atoms with Crippen LogP contribution in [0.4, 0.5) is 5.82 Å². The van der Waals surface area contributed by atoms with Crippen LogP contribution in [0.25, 0.3) is 21.2 Å². The van der Waals surface area contributed by atoms with Crippen LogP contribution in [-0.2, 0) is 29.0 Å². The van der Waals surface area contributed by atoms with E-state index < -0.39 is 11.6 Å². The molecule has 0 fully saturated rings. The van der Waals surface area contributed by atoms with Gasteiger partial charge in [0.05, 0.1) is 5.39 Å². The van der Waals surface area contributed by atoms with E-state index in [1.165, 1.54) is 22.9 Å². The van der Waals surface area contributed by atoms with Crippen molar-refractivity contribution < 1.29 is 18.7 Å². The molecule has 0 atom stereocenters. The predicted octanol–water partition coefficient (Wildman–Crippen LogP) is 3.38. The number of esters is 1. The average Bonchev–Trinajstić information content (AvgIpc) is 3.15. The van der Waals surface area contributed by atoms with E-state index in [0.717, 1.165) is 34.9 Å². The number of aromatic nitrogens is 2. The molecule has 0 saturated carbocycles. The van der Waals surface area contributed by atoms with Crippen LogP contribution in [0.15, 0.2) is 39.5 Å². The summed E-state index contributed by atoms with van der Waals surface area (Å²) in [7, 11) is 0. The molecule has 0 unspecified atom stereocenters. The van der Waals surface area contributed by atoms with Gasteiger partial charge in [0.25, 0.3) is 0 Å². The van der Waals surface area contributed by atoms with E-state index in [2.05, 4.69) is 9.97 Å². The van der Waals surface area contributed by atoms with Gasteiger partial charge in [-0.25, -0.2) is 19.6 Å². The van der Waals surface area contributed by atoms with Crippen LogP contribution in [0, 0.1) is 0 Å². The lowest BCUT2D eigenvalue weighted by Gasteiger charge is -2.11. The Morgan fingerprint density at radius 1 is 1.16 bits per heavy atom. The number of thiophene rings is 1. The van der Waals surface area contributed by atoms with Crippen molar-refractivity contribution in [3.05, 3.63) is 57.0 Å². The maximum Gasteiger partial charge on any atom is 0.344 e. The third-order valence-electron chi connectivity index (χ3n) is 5.20. The third-order valence-corrected chi connectivity index (χ3v) is 6.39. The van der Waals surface area contributed by atoms with Crippen molar-refractivity contribution in [3.63, 3.8) is 0 Å². The molecule has 0 aliphatic heterocycles.